The molecule has 0 spiro atoms. The van der Waals surface area contributed by atoms with Crippen LogP contribution in [0.3, 0.4) is 0 Å². The molecule has 82 valence electrons. The second-order valence-electron chi connectivity index (χ2n) is 3.25. The van der Waals surface area contributed by atoms with Gasteiger partial charge in [0.15, 0.2) is 0 Å². The molecule has 0 fully saturated rings. The van der Waals surface area contributed by atoms with Crippen LogP contribution in [0.25, 0.3) is 0 Å². The van der Waals surface area contributed by atoms with Gasteiger partial charge in [-0.05, 0) is 23.8 Å². The van der Waals surface area contributed by atoms with Crippen molar-refractivity contribution >= 4 is 11.6 Å². The second kappa shape index (κ2) is 4.86. The third-order valence-corrected chi connectivity index (χ3v) is 1.98. The number of rotatable bonds is 3. The highest BCUT2D eigenvalue weighted by Crippen LogP contribution is 2.22. The molecule has 0 aliphatic carbocycles. The highest BCUT2D eigenvalue weighted by atomic mass is 19.1. The summed E-state index contributed by atoms with van der Waals surface area (Å²) in [5.41, 5.74) is 12.1. The summed E-state index contributed by atoms with van der Waals surface area (Å²) < 4.78 is 13.0. The van der Waals surface area contributed by atoms with E-state index in [0.29, 0.717) is 11.3 Å². The summed E-state index contributed by atoms with van der Waals surface area (Å²) in [7, 11) is 0. The summed E-state index contributed by atoms with van der Waals surface area (Å²) in [6, 6.07) is 3.53. The molecule has 0 aliphatic heterocycles. The quantitative estimate of drug-likeness (QED) is 0.689. The van der Waals surface area contributed by atoms with Crippen molar-refractivity contribution in [2.45, 2.75) is 13.0 Å². The van der Waals surface area contributed by atoms with E-state index >= 15 is 0 Å². The van der Waals surface area contributed by atoms with Gasteiger partial charge in [-0.1, -0.05) is 0 Å². The van der Waals surface area contributed by atoms with E-state index in [2.05, 4.69) is 5.32 Å². The Kier molecular flexibility index (Phi) is 3.76. The van der Waals surface area contributed by atoms with Crippen LogP contribution >= 0.6 is 0 Å². The molecule has 0 aromatic heterocycles. The summed E-state index contributed by atoms with van der Waals surface area (Å²) in [5.74, 6) is -0.630. The topological polar surface area (TPSA) is 81.1 Å². The van der Waals surface area contributed by atoms with Crippen molar-refractivity contribution in [3.63, 3.8) is 0 Å². The minimum atomic E-state index is -0.484. The van der Waals surface area contributed by atoms with E-state index in [1.54, 1.807) is 0 Å². The zero-order valence-electron chi connectivity index (χ0n) is 8.46. The number of halogens is 1. The molecule has 0 aliphatic rings. The first-order valence-electron chi connectivity index (χ1n) is 4.57. The summed E-state index contributed by atoms with van der Waals surface area (Å²) in [5, 5.41) is 2.57. The highest BCUT2D eigenvalue weighted by Gasteiger charge is 2.11. The number of hydrogen-bond donors (Lipinski definition) is 3. The monoisotopic (exact) mass is 211 g/mol. The lowest BCUT2D eigenvalue weighted by Gasteiger charge is -2.14. The third kappa shape index (κ3) is 3.00. The average Bonchev–Trinajstić information content (AvgIpc) is 2.19. The van der Waals surface area contributed by atoms with Gasteiger partial charge in [-0.2, -0.15) is 0 Å². The van der Waals surface area contributed by atoms with Gasteiger partial charge in [-0.3, -0.25) is 4.79 Å². The minimum absolute atomic E-state index is 0.191. The fourth-order valence-electron chi connectivity index (χ4n) is 1.27. The largest absolute Gasteiger partial charge is 0.329 e. The Morgan fingerprint density at radius 1 is 1.60 bits per heavy atom. The molecular weight excluding hydrogens is 197 g/mol. The Hall–Kier alpha value is -1.46. The molecule has 1 aromatic rings. The summed E-state index contributed by atoms with van der Waals surface area (Å²) in [6.07, 6.45) is 0. The van der Waals surface area contributed by atoms with Gasteiger partial charge >= 0.3 is 0 Å². The Balaban J connectivity index is 3.08. The predicted octanol–water partition coefficient (Wildman–Crippen LogP) is 0.743. The van der Waals surface area contributed by atoms with Gasteiger partial charge in [0.2, 0.25) is 5.91 Å². The zero-order valence-corrected chi connectivity index (χ0v) is 8.46. The molecule has 1 amide bonds. The molecule has 4 nitrogen and oxygen atoms in total. The van der Waals surface area contributed by atoms with Crippen molar-refractivity contribution in [2.24, 2.45) is 11.5 Å². The van der Waals surface area contributed by atoms with Crippen LogP contribution in [-0.2, 0) is 4.79 Å². The van der Waals surface area contributed by atoms with E-state index < -0.39 is 11.9 Å². The fourth-order valence-corrected chi connectivity index (χ4v) is 1.27. The molecule has 1 aromatic carbocycles. The normalized spacial score (nSPS) is 12.3. The molecule has 5 N–H and O–H groups in total. The van der Waals surface area contributed by atoms with E-state index in [4.69, 9.17) is 11.5 Å². The number of nitrogens with one attached hydrogen (secondary N) is 1. The van der Waals surface area contributed by atoms with Crippen LogP contribution < -0.4 is 16.8 Å². The molecule has 1 atom stereocenters. The smallest absolute Gasteiger partial charge is 0.221 e. The van der Waals surface area contributed by atoms with E-state index in [1.807, 2.05) is 0 Å². The van der Waals surface area contributed by atoms with Crippen LogP contribution in [0.15, 0.2) is 18.2 Å². The lowest BCUT2D eigenvalue weighted by atomic mass is 10.1. The lowest BCUT2D eigenvalue weighted by molar-refractivity contribution is -0.114. The van der Waals surface area contributed by atoms with Crippen LogP contribution in [0.4, 0.5) is 10.1 Å². The Morgan fingerprint density at radius 2 is 2.27 bits per heavy atom. The van der Waals surface area contributed by atoms with Gasteiger partial charge in [0.25, 0.3) is 0 Å². The fraction of sp³-hybridized carbons (Fsp3) is 0.300. The first-order chi connectivity index (χ1) is 7.04. The number of anilines is 1. The van der Waals surface area contributed by atoms with Gasteiger partial charge in [0.1, 0.15) is 5.82 Å². The van der Waals surface area contributed by atoms with E-state index in [0.717, 1.165) is 0 Å². The maximum atomic E-state index is 13.0. The van der Waals surface area contributed by atoms with Crippen molar-refractivity contribution in [1.82, 2.24) is 0 Å². The maximum absolute atomic E-state index is 13.0. The van der Waals surface area contributed by atoms with Gasteiger partial charge < -0.3 is 16.8 Å². The molecule has 1 rings (SSSR count). The number of hydrogen-bond acceptors (Lipinski definition) is 3. The molecule has 0 saturated carbocycles. The molecular formula is C10H14FN3O. The highest BCUT2D eigenvalue weighted by molar-refractivity contribution is 5.89. The summed E-state index contributed by atoms with van der Waals surface area (Å²) >= 11 is 0. The molecule has 0 heterocycles. The molecule has 0 saturated heterocycles. The molecule has 0 bridgehead atoms. The molecule has 0 unspecified atom stereocenters. The van der Waals surface area contributed by atoms with E-state index in [9.17, 15) is 9.18 Å². The van der Waals surface area contributed by atoms with Crippen molar-refractivity contribution in [3.8, 4) is 0 Å². The molecule has 0 radical (unpaired) electrons. The lowest BCUT2D eigenvalue weighted by Crippen LogP contribution is -2.23. The maximum Gasteiger partial charge on any atom is 0.221 e. The zero-order chi connectivity index (χ0) is 11.4. The van der Waals surface area contributed by atoms with Gasteiger partial charge in [0, 0.05) is 25.2 Å². The molecule has 5 heteroatoms. The Bertz CT molecular complexity index is 368. The van der Waals surface area contributed by atoms with Crippen LogP contribution in [0.1, 0.15) is 18.5 Å². The van der Waals surface area contributed by atoms with Crippen molar-refractivity contribution in [2.75, 3.05) is 11.9 Å². The predicted molar refractivity (Wildman–Crippen MR) is 56.7 cm³/mol. The van der Waals surface area contributed by atoms with Gasteiger partial charge in [-0.25, -0.2) is 4.39 Å². The van der Waals surface area contributed by atoms with Crippen LogP contribution in [0.5, 0.6) is 0 Å². The summed E-state index contributed by atoms with van der Waals surface area (Å²) in [4.78, 5) is 10.9. The minimum Gasteiger partial charge on any atom is -0.329 e. The van der Waals surface area contributed by atoms with Crippen molar-refractivity contribution < 1.29 is 9.18 Å². The molecule has 15 heavy (non-hydrogen) atoms. The van der Waals surface area contributed by atoms with Crippen molar-refractivity contribution in [3.05, 3.63) is 29.6 Å². The number of nitrogens with two attached hydrogens (primary N) is 2. The standard InChI is InChI=1S/C10H14FN3O/c1-6(15)14-10-3-2-7(11)4-8(10)9(13)5-12/h2-4,9H,5,12-13H2,1H3,(H,14,15)/t9-/m0/s1. The Labute approximate surface area is 87.4 Å². The van der Waals surface area contributed by atoms with Crippen LogP contribution in [0.2, 0.25) is 0 Å². The van der Waals surface area contributed by atoms with Gasteiger partial charge in [0.05, 0.1) is 0 Å². The third-order valence-electron chi connectivity index (χ3n) is 1.98. The average molecular weight is 211 g/mol. The van der Waals surface area contributed by atoms with Crippen LogP contribution in [0, 0.1) is 5.82 Å². The van der Waals surface area contributed by atoms with E-state index in [-0.39, 0.29) is 12.5 Å². The number of amides is 1. The SMILES string of the molecule is CC(=O)Nc1ccc(F)cc1[C@@H](N)CN. The number of carbonyl (C=O) groups is 1. The van der Waals surface area contributed by atoms with Gasteiger partial charge in [-0.15, -0.1) is 0 Å². The van der Waals surface area contributed by atoms with Crippen molar-refractivity contribution in [1.29, 1.82) is 0 Å². The second-order valence-corrected chi connectivity index (χ2v) is 3.25. The van der Waals surface area contributed by atoms with E-state index in [1.165, 1.54) is 25.1 Å². The number of carbonyl (C=O) groups excluding carboxylic acids is 1. The van der Waals surface area contributed by atoms with Crippen LogP contribution in [-0.4, -0.2) is 12.5 Å². The first kappa shape index (κ1) is 11.6. The Morgan fingerprint density at radius 3 is 2.80 bits per heavy atom. The number of benzene rings is 1. The first-order valence-corrected chi connectivity index (χ1v) is 4.57. The summed E-state index contributed by atoms with van der Waals surface area (Å²) in [6.45, 7) is 1.57.